The lowest BCUT2D eigenvalue weighted by Gasteiger charge is -2.18. The summed E-state index contributed by atoms with van der Waals surface area (Å²) in [7, 11) is 0. The first-order valence-corrected chi connectivity index (χ1v) is 5.74. The van der Waals surface area contributed by atoms with Crippen LogP contribution in [-0.4, -0.2) is 34.9 Å². The molecule has 2 rings (SSSR count). The SMILES string of the molecule is CC1(CO)CN(Cc2ccccc2Cl)C(=O)O1. The summed E-state index contributed by atoms with van der Waals surface area (Å²) in [5.41, 5.74) is 0.0616. The molecule has 0 aromatic heterocycles. The van der Waals surface area contributed by atoms with E-state index in [0.717, 1.165) is 5.56 Å². The number of cyclic esters (lactones) is 1. The third-order valence-corrected chi connectivity index (χ3v) is 3.14. The number of carbonyl (C=O) groups is 1. The van der Waals surface area contributed by atoms with Gasteiger partial charge < -0.3 is 9.84 Å². The molecule has 0 saturated carbocycles. The smallest absolute Gasteiger partial charge is 0.410 e. The van der Waals surface area contributed by atoms with Gasteiger partial charge in [-0.15, -0.1) is 0 Å². The molecule has 1 saturated heterocycles. The monoisotopic (exact) mass is 255 g/mol. The maximum atomic E-state index is 11.6. The molecule has 1 atom stereocenters. The molecule has 1 heterocycles. The molecule has 1 aliphatic rings. The van der Waals surface area contributed by atoms with E-state index >= 15 is 0 Å². The van der Waals surface area contributed by atoms with Crippen LogP contribution in [0.15, 0.2) is 24.3 Å². The third kappa shape index (κ3) is 2.53. The predicted molar refractivity (Wildman–Crippen MR) is 63.8 cm³/mol. The van der Waals surface area contributed by atoms with Gasteiger partial charge in [-0.05, 0) is 18.6 Å². The Morgan fingerprint density at radius 2 is 2.24 bits per heavy atom. The first-order valence-electron chi connectivity index (χ1n) is 5.36. The van der Waals surface area contributed by atoms with E-state index in [-0.39, 0.29) is 6.61 Å². The third-order valence-electron chi connectivity index (χ3n) is 2.77. The lowest BCUT2D eigenvalue weighted by atomic mass is 10.1. The molecule has 4 nitrogen and oxygen atoms in total. The topological polar surface area (TPSA) is 49.8 Å². The van der Waals surface area contributed by atoms with Gasteiger partial charge in [-0.3, -0.25) is 4.90 Å². The molecular weight excluding hydrogens is 242 g/mol. The maximum absolute atomic E-state index is 11.6. The second kappa shape index (κ2) is 4.55. The number of amides is 1. The van der Waals surface area contributed by atoms with E-state index in [0.29, 0.717) is 18.1 Å². The quantitative estimate of drug-likeness (QED) is 0.899. The van der Waals surface area contributed by atoms with Crippen LogP contribution >= 0.6 is 11.6 Å². The number of hydrogen-bond acceptors (Lipinski definition) is 3. The fourth-order valence-corrected chi connectivity index (χ4v) is 2.01. The molecule has 0 spiro atoms. The summed E-state index contributed by atoms with van der Waals surface area (Å²) in [6.45, 7) is 2.29. The van der Waals surface area contributed by atoms with E-state index in [4.69, 9.17) is 21.4 Å². The Bertz CT molecular complexity index is 438. The second-order valence-electron chi connectivity index (χ2n) is 4.42. The van der Waals surface area contributed by atoms with Crippen LogP contribution < -0.4 is 0 Å². The highest BCUT2D eigenvalue weighted by molar-refractivity contribution is 6.31. The van der Waals surface area contributed by atoms with Crippen molar-refractivity contribution in [3.8, 4) is 0 Å². The number of nitrogens with zero attached hydrogens (tertiary/aromatic N) is 1. The minimum absolute atomic E-state index is 0.183. The van der Waals surface area contributed by atoms with Crippen molar-refractivity contribution in [2.24, 2.45) is 0 Å². The van der Waals surface area contributed by atoms with Gasteiger partial charge in [0.1, 0.15) is 0 Å². The van der Waals surface area contributed by atoms with Crippen LogP contribution in [0.25, 0.3) is 0 Å². The van der Waals surface area contributed by atoms with Gasteiger partial charge in [0.15, 0.2) is 5.60 Å². The standard InChI is InChI=1S/C12H14ClNO3/c1-12(8-15)7-14(11(16)17-12)6-9-4-2-3-5-10(9)13/h2-5,15H,6-8H2,1H3. The van der Waals surface area contributed by atoms with E-state index in [1.165, 1.54) is 4.90 Å². The highest BCUT2D eigenvalue weighted by Crippen LogP contribution is 2.25. The maximum Gasteiger partial charge on any atom is 0.410 e. The van der Waals surface area contributed by atoms with Gasteiger partial charge in [-0.25, -0.2) is 4.79 Å². The van der Waals surface area contributed by atoms with Gasteiger partial charge in [0.2, 0.25) is 0 Å². The highest BCUT2D eigenvalue weighted by atomic mass is 35.5. The number of aliphatic hydroxyl groups excluding tert-OH is 1. The van der Waals surface area contributed by atoms with Crippen molar-refractivity contribution in [3.05, 3.63) is 34.9 Å². The van der Waals surface area contributed by atoms with Crippen LogP contribution in [0.5, 0.6) is 0 Å². The summed E-state index contributed by atoms with van der Waals surface area (Å²) in [4.78, 5) is 13.2. The molecule has 0 aliphatic carbocycles. The predicted octanol–water partition coefficient (Wildman–Crippen LogP) is 2.04. The average molecular weight is 256 g/mol. The number of carbonyl (C=O) groups excluding carboxylic acids is 1. The van der Waals surface area contributed by atoms with Crippen molar-refractivity contribution >= 4 is 17.7 Å². The van der Waals surface area contributed by atoms with Crippen LogP contribution in [0, 0.1) is 0 Å². The minimum Gasteiger partial charge on any atom is -0.439 e. The van der Waals surface area contributed by atoms with Gasteiger partial charge >= 0.3 is 6.09 Å². The molecule has 1 aromatic carbocycles. The van der Waals surface area contributed by atoms with Crippen LogP contribution in [0.4, 0.5) is 4.79 Å². The van der Waals surface area contributed by atoms with E-state index in [9.17, 15) is 4.79 Å². The zero-order valence-corrected chi connectivity index (χ0v) is 10.3. The lowest BCUT2D eigenvalue weighted by molar-refractivity contribution is 0.0219. The largest absolute Gasteiger partial charge is 0.439 e. The van der Waals surface area contributed by atoms with Crippen molar-refractivity contribution in [2.75, 3.05) is 13.2 Å². The molecule has 0 bridgehead atoms. The van der Waals surface area contributed by atoms with Crippen molar-refractivity contribution in [1.29, 1.82) is 0 Å². The zero-order valence-electron chi connectivity index (χ0n) is 9.52. The molecule has 1 N–H and O–H groups in total. The normalized spacial score (nSPS) is 23.9. The molecular formula is C12H14ClNO3. The van der Waals surface area contributed by atoms with Gasteiger partial charge in [-0.1, -0.05) is 29.8 Å². The van der Waals surface area contributed by atoms with Crippen LogP contribution in [0.3, 0.4) is 0 Å². The number of halogens is 1. The summed E-state index contributed by atoms with van der Waals surface area (Å²) in [6.07, 6.45) is -0.415. The highest BCUT2D eigenvalue weighted by Gasteiger charge is 2.40. The molecule has 5 heteroatoms. The Kier molecular flexibility index (Phi) is 3.26. The average Bonchev–Trinajstić information content (AvgIpc) is 2.58. The summed E-state index contributed by atoms with van der Waals surface area (Å²) in [6, 6.07) is 7.35. The lowest BCUT2D eigenvalue weighted by Crippen LogP contribution is -2.34. The van der Waals surface area contributed by atoms with Gasteiger partial charge in [0, 0.05) is 5.02 Å². The van der Waals surface area contributed by atoms with Crippen LogP contribution in [0.1, 0.15) is 12.5 Å². The summed E-state index contributed by atoms with van der Waals surface area (Å²) in [5, 5.41) is 9.77. The Morgan fingerprint density at radius 3 is 2.82 bits per heavy atom. The fraction of sp³-hybridized carbons (Fsp3) is 0.417. The number of benzene rings is 1. The fourth-order valence-electron chi connectivity index (χ4n) is 1.81. The van der Waals surface area contributed by atoms with Gasteiger partial charge in [0.05, 0.1) is 19.7 Å². The van der Waals surface area contributed by atoms with Crippen molar-refractivity contribution in [2.45, 2.75) is 19.1 Å². The molecule has 1 aliphatic heterocycles. The summed E-state index contributed by atoms with van der Waals surface area (Å²) in [5.74, 6) is 0. The Hall–Kier alpha value is -1.26. The number of ether oxygens (including phenoxy) is 1. The van der Waals surface area contributed by atoms with E-state index < -0.39 is 11.7 Å². The molecule has 1 fully saturated rings. The molecule has 1 amide bonds. The van der Waals surface area contributed by atoms with Crippen molar-refractivity contribution in [3.63, 3.8) is 0 Å². The molecule has 17 heavy (non-hydrogen) atoms. The Balaban J connectivity index is 2.11. The Morgan fingerprint density at radius 1 is 1.53 bits per heavy atom. The van der Waals surface area contributed by atoms with E-state index in [2.05, 4.69) is 0 Å². The van der Waals surface area contributed by atoms with Crippen LogP contribution in [-0.2, 0) is 11.3 Å². The first kappa shape index (κ1) is 12.2. The second-order valence-corrected chi connectivity index (χ2v) is 4.83. The van der Waals surface area contributed by atoms with Crippen LogP contribution in [0.2, 0.25) is 5.02 Å². The summed E-state index contributed by atoms with van der Waals surface area (Å²) < 4.78 is 5.12. The van der Waals surface area contributed by atoms with Gasteiger partial charge in [-0.2, -0.15) is 0 Å². The van der Waals surface area contributed by atoms with E-state index in [1.54, 1.807) is 13.0 Å². The Labute approximate surface area is 105 Å². The molecule has 92 valence electrons. The number of hydrogen-bond donors (Lipinski definition) is 1. The van der Waals surface area contributed by atoms with Crippen molar-refractivity contribution < 1.29 is 14.6 Å². The van der Waals surface area contributed by atoms with E-state index in [1.807, 2.05) is 18.2 Å². The molecule has 1 unspecified atom stereocenters. The first-order chi connectivity index (χ1) is 8.04. The molecule has 1 aromatic rings. The molecule has 0 radical (unpaired) electrons. The summed E-state index contributed by atoms with van der Waals surface area (Å²) >= 11 is 6.03. The number of rotatable bonds is 3. The van der Waals surface area contributed by atoms with Gasteiger partial charge in [0.25, 0.3) is 0 Å². The number of aliphatic hydroxyl groups is 1. The van der Waals surface area contributed by atoms with Crippen molar-refractivity contribution in [1.82, 2.24) is 4.90 Å². The zero-order chi connectivity index (χ0) is 12.5. The minimum atomic E-state index is -0.807.